The average Bonchev–Trinajstić information content (AvgIpc) is 2.70. The second kappa shape index (κ2) is 8.42. The van der Waals surface area contributed by atoms with E-state index < -0.39 is 0 Å². The summed E-state index contributed by atoms with van der Waals surface area (Å²) >= 11 is 0. The van der Waals surface area contributed by atoms with Crippen LogP contribution in [0.4, 0.5) is 11.6 Å². The number of aromatic nitrogens is 2. The van der Waals surface area contributed by atoms with Crippen LogP contribution >= 0.6 is 0 Å². The van der Waals surface area contributed by atoms with Crippen molar-refractivity contribution in [2.24, 2.45) is 5.92 Å². The van der Waals surface area contributed by atoms with Crippen LogP contribution in [-0.4, -0.2) is 41.9 Å². The molecule has 0 aliphatic carbocycles. The zero-order valence-electron chi connectivity index (χ0n) is 14.8. The summed E-state index contributed by atoms with van der Waals surface area (Å²) in [5.41, 5.74) is 1.65. The predicted octanol–water partition coefficient (Wildman–Crippen LogP) is 1.62. The lowest BCUT2D eigenvalue weighted by molar-refractivity contribution is -0.120. The van der Waals surface area contributed by atoms with E-state index in [0.29, 0.717) is 18.9 Å². The largest absolute Gasteiger partial charge is 0.359 e. The number of nitrogens with zero attached hydrogens (tertiary/aromatic N) is 3. The summed E-state index contributed by atoms with van der Waals surface area (Å²) in [4.78, 5) is 34.6. The van der Waals surface area contributed by atoms with Crippen molar-refractivity contribution in [1.29, 1.82) is 0 Å². The first-order valence-electron chi connectivity index (χ1n) is 8.78. The molecule has 1 aromatic carbocycles. The third-order valence-electron chi connectivity index (χ3n) is 4.49. The van der Waals surface area contributed by atoms with E-state index in [1.54, 1.807) is 25.5 Å². The summed E-state index contributed by atoms with van der Waals surface area (Å²) in [7, 11) is 1.62. The van der Waals surface area contributed by atoms with Gasteiger partial charge in [0.1, 0.15) is 0 Å². The molecule has 7 heteroatoms. The molecule has 136 valence electrons. The first-order valence-corrected chi connectivity index (χ1v) is 8.78. The van der Waals surface area contributed by atoms with E-state index in [4.69, 9.17) is 0 Å². The average molecular weight is 353 g/mol. The van der Waals surface area contributed by atoms with E-state index in [1.807, 2.05) is 24.3 Å². The summed E-state index contributed by atoms with van der Waals surface area (Å²) < 4.78 is 0. The van der Waals surface area contributed by atoms with Crippen molar-refractivity contribution < 1.29 is 9.59 Å². The Balaban J connectivity index is 1.58. The highest BCUT2D eigenvalue weighted by molar-refractivity contribution is 5.93. The van der Waals surface area contributed by atoms with E-state index in [2.05, 4.69) is 25.5 Å². The van der Waals surface area contributed by atoms with Gasteiger partial charge in [0, 0.05) is 38.2 Å². The summed E-state index contributed by atoms with van der Waals surface area (Å²) in [6.07, 6.45) is 5.55. The highest BCUT2D eigenvalue weighted by Crippen LogP contribution is 2.21. The van der Waals surface area contributed by atoms with Crippen LogP contribution in [0.1, 0.15) is 18.4 Å². The summed E-state index contributed by atoms with van der Waals surface area (Å²) in [6, 6.07) is 9.16. The normalized spacial score (nSPS) is 16.8. The van der Waals surface area contributed by atoms with Crippen LogP contribution in [0.2, 0.25) is 0 Å². The number of piperidine rings is 1. The molecule has 0 bridgehead atoms. The number of anilines is 2. The van der Waals surface area contributed by atoms with Gasteiger partial charge in [0.05, 0.1) is 12.3 Å². The second-order valence-electron chi connectivity index (χ2n) is 6.37. The fourth-order valence-electron chi connectivity index (χ4n) is 3.05. The molecule has 0 saturated carbocycles. The van der Waals surface area contributed by atoms with Crippen molar-refractivity contribution in [1.82, 2.24) is 15.3 Å². The minimum atomic E-state index is -0.0990. The van der Waals surface area contributed by atoms with E-state index in [9.17, 15) is 9.59 Å². The molecule has 2 aromatic rings. The molecule has 2 amide bonds. The predicted molar refractivity (Wildman–Crippen MR) is 99.8 cm³/mol. The molecular weight excluding hydrogens is 330 g/mol. The highest BCUT2D eigenvalue weighted by Gasteiger charge is 2.27. The van der Waals surface area contributed by atoms with Gasteiger partial charge in [-0.2, -0.15) is 0 Å². The molecule has 7 nitrogen and oxygen atoms in total. The van der Waals surface area contributed by atoms with Crippen LogP contribution in [0.15, 0.2) is 42.7 Å². The van der Waals surface area contributed by atoms with Gasteiger partial charge in [-0.1, -0.05) is 12.1 Å². The van der Waals surface area contributed by atoms with Gasteiger partial charge in [-0.15, -0.1) is 0 Å². The van der Waals surface area contributed by atoms with Crippen LogP contribution in [0, 0.1) is 5.92 Å². The van der Waals surface area contributed by atoms with Crippen LogP contribution in [-0.2, 0) is 16.0 Å². The molecule has 0 spiro atoms. The van der Waals surface area contributed by atoms with Crippen molar-refractivity contribution in [3.8, 4) is 0 Å². The Labute approximate surface area is 152 Å². The van der Waals surface area contributed by atoms with Gasteiger partial charge in [-0.3, -0.25) is 9.59 Å². The molecule has 1 atom stereocenters. The number of likely N-dealkylation sites (N-methyl/N-ethyl adjacent to an activating group) is 1. The first-order chi connectivity index (χ1) is 12.7. The Hall–Kier alpha value is -2.96. The number of nitrogens with one attached hydrogen (secondary N) is 2. The third kappa shape index (κ3) is 4.56. The molecule has 1 unspecified atom stereocenters. The summed E-state index contributed by atoms with van der Waals surface area (Å²) in [6.45, 7) is 1.48. The number of hydrogen-bond donors (Lipinski definition) is 2. The fourth-order valence-corrected chi connectivity index (χ4v) is 3.05. The Morgan fingerprint density at radius 3 is 2.62 bits per heavy atom. The Morgan fingerprint density at radius 2 is 1.92 bits per heavy atom. The monoisotopic (exact) mass is 353 g/mol. The summed E-state index contributed by atoms with van der Waals surface area (Å²) in [5, 5.41) is 5.57. The van der Waals surface area contributed by atoms with Gasteiger partial charge >= 0.3 is 0 Å². The molecule has 1 aliphatic heterocycles. The van der Waals surface area contributed by atoms with Crippen LogP contribution in [0.25, 0.3) is 0 Å². The molecule has 1 aliphatic rings. The highest BCUT2D eigenvalue weighted by atomic mass is 16.2. The van der Waals surface area contributed by atoms with Crippen molar-refractivity contribution in [2.75, 3.05) is 30.4 Å². The number of rotatable bonds is 5. The Bertz CT molecular complexity index is 748. The molecule has 3 rings (SSSR count). The zero-order valence-corrected chi connectivity index (χ0v) is 14.8. The molecule has 2 N–H and O–H groups in total. The topological polar surface area (TPSA) is 87.2 Å². The van der Waals surface area contributed by atoms with Gasteiger partial charge in [-0.05, 0) is 36.6 Å². The molecule has 1 fully saturated rings. The standard InChI is InChI=1S/C19H23N5O2/c1-20-17(25)12-14-5-7-16(8-6-14)23-18(26)15-4-2-11-24(13-15)19-21-9-3-10-22-19/h3,5-10,15H,2,4,11-13H2,1H3,(H,20,25)(H,23,26). The SMILES string of the molecule is CNC(=O)Cc1ccc(NC(=O)C2CCCN(c3ncccn3)C2)cc1. The minimum absolute atomic E-state index is 0.00434. The van der Waals surface area contributed by atoms with Crippen LogP contribution in [0.3, 0.4) is 0 Å². The molecule has 1 saturated heterocycles. The zero-order chi connectivity index (χ0) is 18.4. The van der Waals surface area contributed by atoms with Crippen LogP contribution < -0.4 is 15.5 Å². The van der Waals surface area contributed by atoms with Crippen LogP contribution in [0.5, 0.6) is 0 Å². The number of benzene rings is 1. The third-order valence-corrected chi connectivity index (χ3v) is 4.49. The Kier molecular flexibility index (Phi) is 5.78. The first kappa shape index (κ1) is 17.8. The smallest absolute Gasteiger partial charge is 0.229 e. The molecule has 2 heterocycles. The fraction of sp³-hybridized carbons (Fsp3) is 0.368. The number of hydrogen-bond acceptors (Lipinski definition) is 5. The second-order valence-corrected chi connectivity index (χ2v) is 6.37. The molecule has 26 heavy (non-hydrogen) atoms. The maximum absolute atomic E-state index is 12.6. The van der Waals surface area contributed by atoms with Crippen molar-refractivity contribution >= 4 is 23.5 Å². The molecular formula is C19H23N5O2. The molecule has 1 aromatic heterocycles. The maximum Gasteiger partial charge on any atom is 0.229 e. The number of amides is 2. The number of carbonyl (C=O) groups excluding carboxylic acids is 2. The quantitative estimate of drug-likeness (QED) is 0.853. The van der Waals surface area contributed by atoms with E-state index in [-0.39, 0.29) is 17.7 Å². The van der Waals surface area contributed by atoms with E-state index in [1.165, 1.54) is 0 Å². The lowest BCUT2D eigenvalue weighted by atomic mass is 9.97. The summed E-state index contributed by atoms with van der Waals surface area (Å²) in [5.74, 6) is 0.540. The van der Waals surface area contributed by atoms with E-state index in [0.717, 1.165) is 30.6 Å². The van der Waals surface area contributed by atoms with E-state index >= 15 is 0 Å². The lowest BCUT2D eigenvalue weighted by Crippen LogP contribution is -2.41. The van der Waals surface area contributed by atoms with Crippen molar-refractivity contribution in [3.05, 3.63) is 48.3 Å². The minimum Gasteiger partial charge on any atom is -0.359 e. The number of carbonyl (C=O) groups is 2. The van der Waals surface area contributed by atoms with Crippen molar-refractivity contribution in [3.63, 3.8) is 0 Å². The van der Waals surface area contributed by atoms with Crippen molar-refractivity contribution in [2.45, 2.75) is 19.3 Å². The Morgan fingerprint density at radius 1 is 1.19 bits per heavy atom. The van der Waals surface area contributed by atoms with Gasteiger partial charge < -0.3 is 15.5 Å². The van der Waals surface area contributed by atoms with Gasteiger partial charge in [0.2, 0.25) is 17.8 Å². The van der Waals surface area contributed by atoms with Gasteiger partial charge in [0.15, 0.2) is 0 Å². The lowest BCUT2D eigenvalue weighted by Gasteiger charge is -2.31. The maximum atomic E-state index is 12.6. The van der Waals surface area contributed by atoms with Gasteiger partial charge in [0.25, 0.3) is 0 Å². The van der Waals surface area contributed by atoms with Gasteiger partial charge in [-0.25, -0.2) is 9.97 Å². The molecule has 0 radical (unpaired) electrons.